The lowest BCUT2D eigenvalue weighted by Crippen LogP contribution is -2.31. The van der Waals surface area contributed by atoms with Gasteiger partial charge < -0.3 is 0 Å². The molecule has 0 aliphatic heterocycles. The molecular weight excluding hydrogens is 248 g/mol. The van der Waals surface area contributed by atoms with Gasteiger partial charge in [0, 0.05) is 6.54 Å². The van der Waals surface area contributed by atoms with Crippen LogP contribution in [0, 0.1) is 5.92 Å². The maximum atomic E-state index is 5.82. The van der Waals surface area contributed by atoms with E-state index in [1.54, 1.807) is 0 Å². The SMILES string of the molecule is CCCCC(CC)CC(NN)c1cc(CC)nn1CC. The van der Waals surface area contributed by atoms with Crippen LogP contribution in [0.15, 0.2) is 6.07 Å². The third-order valence-electron chi connectivity index (χ3n) is 4.19. The number of aryl methyl sites for hydroxylation is 2. The molecule has 0 aliphatic rings. The zero-order valence-corrected chi connectivity index (χ0v) is 13.7. The molecule has 0 saturated carbocycles. The lowest BCUT2D eigenvalue weighted by Gasteiger charge is -2.22. The Morgan fingerprint density at radius 2 is 2.05 bits per heavy atom. The number of hydrogen-bond donors (Lipinski definition) is 2. The Morgan fingerprint density at radius 3 is 2.55 bits per heavy atom. The number of aromatic nitrogens is 2. The fraction of sp³-hybridized carbons (Fsp3) is 0.812. The molecular formula is C16H32N4. The minimum Gasteiger partial charge on any atom is -0.271 e. The monoisotopic (exact) mass is 280 g/mol. The first-order valence-corrected chi connectivity index (χ1v) is 8.22. The highest BCUT2D eigenvalue weighted by molar-refractivity contribution is 5.14. The lowest BCUT2D eigenvalue weighted by atomic mass is 9.91. The highest BCUT2D eigenvalue weighted by atomic mass is 15.3. The summed E-state index contributed by atoms with van der Waals surface area (Å²) in [6, 6.07) is 2.42. The molecule has 0 bridgehead atoms. The van der Waals surface area contributed by atoms with Gasteiger partial charge in [0.05, 0.1) is 17.4 Å². The smallest absolute Gasteiger partial charge is 0.0631 e. The summed E-state index contributed by atoms with van der Waals surface area (Å²) in [6.07, 6.45) is 7.17. The highest BCUT2D eigenvalue weighted by Crippen LogP contribution is 2.27. The van der Waals surface area contributed by atoms with E-state index < -0.39 is 0 Å². The molecule has 116 valence electrons. The van der Waals surface area contributed by atoms with Crippen LogP contribution in [0.2, 0.25) is 0 Å². The molecule has 0 radical (unpaired) electrons. The Hall–Kier alpha value is -0.870. The van der Waals surface area contributed by atoms with E-state index in [0.29, 0.717) is 0 Å². The van der Waals surface area contributed by atoms with Gasteiger partial charge in [0.15, 0.2) is 0 Å². The van der Waals surface area contributed by atoms with Crippen LogP contribution >= 0.6 is 0 Å². The summed E-state index contributed by atoms with van der Waals surface area (Å²) in [4.78, 5) is 0. The van der Waals surface area contributed by atoms with Crippen molar-refractivity contribution in [2.24, 2.45) is 11.8 Å². The minimum absolute atomic E-state index is 0.213. The molecule has 4 nitrogen and oxygen atoms in total. The summed E-state index contributed by atoms with van der Waals surface area (Å²) >= 11 is 0. The van der Waals surface area contributed by atoms with E-state index in [2.05, 4.69) is 49.0 Å². The molecule has 0 fully saturated rings. The Kier molecular flexibility index (Phi) is 7.85. The standard InChI is InChI=1S/C16H32N4/c1-5-9-10-13(6-2)11-15(18-17)16-12-14(7-3)19-20(16)8-4/h12-13,15,18H,5-11,17H2,1-4H3. The van der Waals surface area contributed by atoms with Crippen molar-refractivity contribution in [3.05, 3.63) is 17.5 Å². The number of nitrogens with one attached hydrogen (secondary N) is 1. The maximum Gasteiger partial charge on any atom is 0.0631 e. The lowest BCUT2D eigenvalue weighted by molar-refractivity contribution is 0.344. The normalized spacial score (nSPS) is 14.4. The van der Waals surface area contributed by atoms with Crippen LogP contribution in [0.3, 0.4) is 0 Å². The van der Waals surface area contributed by atoms with Crippen molar-refractivity contribution in [2.45, 2.75) is 78.8 Å². The van der Waals surface area contributed by atoms with Crippen LogP contribution < -0.4 is 11.3 Å². The first kappa shape index (κ1) is 17.2. The average molecular weight is 280 g/mol. The molecule has 20 heavy (non-hydrogen) atoms. The molecule has 3 N–H and O–H groups in total. The molecule has 0 aliphatic carbocycles. The average Bonchev–Trinajstić information content (AvgIpc) is 2.91. The molecule has 0 spiro atoms. The van der Waals surface area contributed by atoms with Gasteiger partial charge >= 0.3 is 0 Å². The zero-order valence-electron chi connectivity index (χ0n) is 13.7. The number of rotatable bonds is 10. The fourth-order valence-electron chi connectivity index (χ4n) is 2.78. The van der Waals surface area contributed by atoms with Gasteiger partial charge in [0.1, 0.15) is 0 Å². The number of nitrogens with two attached hydrogens (primary N) is 1. The van der Waals surface area contributed by atoms with E-state index in [0.717, 1.165) is 31.0 Å². The van der Waals surface area contributed by atoms with Gasteiger partial charge in [-0.15, -0.1) is 0 Å². The van der Waals surface area contributed by atoms with E-state index in [9.17, 15) is 0 Å². The van der Waals surface area contributed by atoms with Crippen LogP contribution in [0.1, 0.15) is 77.2 Å². The van der Waals surface area contributed by atoms with E-state index in [4.69, 9.17) is 5.84 Å². The van der Waals surface area contributed by atoms with Crippen LogP contribution in [-0.2, 0) is 13.0 Å². The van der Waals surface area contributed by atoms with Crippen molar-refractivity contribution in [3.63, 3.8) is 0 Å². The molecule has 4 heteroatoms. The molecule has 2 atom stereocenters. The van der Waals surface area contributed by atoms with Crippen LogP contribution in [-0.4, -0.2) is 9.78 Å². The molecule has 0 aromatic carbocycles. The van der Waals surface area contributed by atoms with Gasteiger partial charge in [-0.2, -0.15) is 5.10 Å². The van der Waals surface area contributed by atoms with Crippen LogP contribution in [0.5, 0.6) is 0 Å². The number of nitrogens with zero attached hydrogens (tertiary/aromatic N) is 2. The second-order valence-electron chi connectivity index (χ2n) is 5.60. The van der Waals surface area contributed by atoms with Crippen molar-refractivity contribution < 1.29 is 0 Å². The zero-order chi connectivity index (χ0) is 15.0. The van der Waals surface area contributed by atoms with Gasteiger partial charge in [-0.25, -0.2) is 0 Å². The summed E-state index contributed by atoms with van der Waals surface area (Å²) in [5.74, 6) is 6.56. The van der Waals surface area contributed by atoms with Crippen molar-refractivity contribution >= 4 is 0 Å². The Morgan fingerprint density at radius 1 is 1.30 bits per heavy atom. The van der Waals surface area contributed by atoms with Gasteiger partial charge in [-0.05, 0) is 31.7 Å². The summed E-state index contributed by atoms with van der Waals surface area (Å²) < 4.78 is 2.09. The first-order chi connectivity index (χ1) is 9.69. The quantitative estimate of drug-likeness (QED) is 0.509. The Bertz CT molecular complexity index is 373. The third kappa shape index (κ3) is 4.60. The topological polar surface area (TPSA) is 55.9 Å². The first-order valence-electron chi connectivity index (χ1n) is 8.22. The van der Waals surface area contributed by atoms with E-state index >= 15 is 0 Å². The maximum absolute atomic E-state index is 5.82. The van der Waals surface area contributed by atoms with Crippen LogP contribution in [0.4, 0.5) is 0 Å². The van der Waals surface area contributed by atoms with E-state index in [1.165, 1.54) is 31.4 Å². The Balaban J connectivity index is 2.80. The summed E-state index contributed by atoms with van der Waals surface area (Å²) in [6.45, 7) is 9.72. The fourth-order valence-corrected chi connectivity index (χ4v) is 2.78. The summed E-state index contributed by atoms with van der Waals surface area (Å²) in [5, 5.41) is 4.63. The molecule has 1 aromatic rings. The molecule has 1 heterocycles. The predicted molar refractivity (Wildman–Crippen MR) is 85.3 cm³/mol. The molecule has 2 unspecified atom stereocenters. The van der Waals surface area contributed by atoms with Gasteiger partial charge in [0.25, 0.3) is 0 Å². The van der Waals surface area contributed by atoms with Gasteiger partial charge in [-0.3, -0.25) is 16.0 Å². The molecule has 1 aromatic heterocycles. The van der Waals surface area contributed by atoms with Crippen LogP contribution in [0.25, 0.3) is 0 Å². The van der Waals surface area contributed by atoms with Crippen molar-refractivity contribution in [1.82, 2.24) is 15.2 Å². The van der Waals surface area contributed by atoms with Gasteiger partial charge in [-0.1, -0.05) is 46.5 Å². The largest absolute Gasteiger partial charge is 0.271 e. The number of hydrazine groups is 1. The van der Waals surface area contributed by atoms with E-state index in [1.807, 2.05) is 0 Å². The highest BCUT2D eigenvalue weighted by Gasteiger charge is 2.20. The Labute approximate surface area is 124 Å². The van der Waals surface area contributed by atoms with Crippen molar-refractivity contribution in [1.29, 1.82) is 0 Å². The minimum atomic E-state index is 0.213. The predicted octanol–water partition coefficient (Wildman–Crippen LogP) is 3.58. The van der Waals surface area contributed by atoms with Gasteiger partial charge in [0.2, 0.25) is 0 Å². The second-order valence-corrected chi connectivity index (χ2v) is 5.60. The number of unbranched alkanes of at least 4 members (excludes halogenated alkanes) is 1. The molecule has 1 rings (SSSR count). The third-order valence-corrected chi connectivity index (χ3v) is 4.19. The van der Waals surface area contributed by atoms with E-state index in [-0.39, 0.29) is 6.04 Å². The summed E-state index contributed by atoms with van der Waals surface area (Å²) in [5.41, 5.74) is 5.40. The summed E-state index contributed by atoms with van der Waals surface area (Å²) in [7, 11) is 0. The molecule has 0 amide bonds. The molecule has 0 saturated heterocycles. The number of hydrogen-bond acceptors (Lipinski definition) is 3. The van der Waals surface area contributed by atoms with Crippen molar-refractivity contribution in [3.8, 4) is 0 Å². The van der Waals surface area contributed by atoms with Crippen molar-refractivity contribution in [2.75, 3.05) is 0 Å². The second kappa shape index (κ2) is 9.14.